The second kappa shape index (κ2) is 5.91. The van der Waals surface area contributed by atoms with Gasteiger partial charge in [0.25, 0.3) is 0 Å². The highest BCUT2D eigenvalue weighted by Crippen LogP contribution is 2.28. The molecule has 1 rings (SSSR count). The summed E-state index contributed by atoms with van der Waals surface area (Å²) in [7, 11) is 0. The normalized spacial score (nSPS) is 16.4. The predicted molar refractivity (Wildman–Crippen MR) is 75.0 cm³/mol. The number of halogens is 1. The molecule has 0 amide bonds. The van der Waals surface area contributed by atoms with Gasteiger partial charge in [0.2, 0.25) is 0 Å². The number of nitrogens with two attached hydrogens (primary N) is 1. The van der Waals surface area contributed by atoms with E-state index >= 15 is 0 Å². The number of aliphatic hydroxyl groups is 1. The van der Waals surface area contributed by atoms with Gasteiger partial charge in [-0.1, -0.05) is 25.4 Å². The average molecular weight is 272 g/mol. The molecule has 0 fully saturated rings. The molecule has 0 bridgehead atoms. The lowest BCUT2D eigenvalue weighted by atomic mass is 9.94. The fourth-order valence-corrected chi connectivity index (χ4v) is 1.58. The fourth-order valence-electron chi connectivity index (χ4n) is 1.40. The highest BCUT2D eigenvalue weighted by molar-refractivity contribution is 6.30. The van der Waals surface area contributed by atoms with Crippen LogP contribution in [0.5, 0.6) is 5.75 Å². The molecule has 3 N–H and O–H groups in total. The van der Waals surface area contributed by atoms with E-state index in [2.05, 4.69) is 0 Å². The Morgan fingerprint density at radius 3 is 2.50 bits per heavy atom. The number of hydrogen-bond acceptors (Lipinski definition) is 3. The van der Waals surface area contributed by atoms with Gasteiger partial charge in [0, 0.05) is 16.6 Å². The van der Waals surface area contributed by atoms with Crippen molar-refractivity contribution in [1.82, 2.24) is 0 Å². The van der Waals surface area contributed by atoms with Crippen LogP contribution in [0.1, 0.15) is 39.3 Å². The lowest BCUT2D eigenvalue weighted by molar-refractivity contribution is -0.0269. The third-order valence-electron chi connectivity index (χ3n) is 3.23. The first kappa shape index (κ1) is 15.3. The van der Waals surface area contributed by atoms with Crippen LogP contribution in [0.25, 0.3) is 0 Å². The first-order valence-corrected chi connectivity index (χ1v) is 6.52. The van der Waals surface area contributed by atoms with Crippen molar-refractivity contribution in [2.45, 2.75) is 39.3 Å². The topological polar surface area (TPSA) is 55.5 Å². The molecule has 0 aliphatic carbocycles. The molecule has 0 radical (unpaired) electrons. The van der Waals surface area contributed by atoms with Crippen molar-refractivity contribution in [3.8, 4) is 5.75 Å². The number of rotatable bonds is 5. The Morgan fingerprint density at radius 2 is 2.00 bits per heavy atom. The van der Waals surface area contributed by atoms with Gasteiger partial charge in [0.05, 0.1) is 5.60 Å². The Labute approximate surface area is 114 Å². The monoisotopic (exact) mass is 271 g/mol. The molecule has 0 aliphatic heterocycles. The maximum atomic E-state index is 10.2. The van der Waals surface area contributed by atoms with Crippen LogP contribution in [0.3, 0.4) is 0 Å². The van der Waals surface area contributed by atoms with Gasteiger partial charge in [-0.25, -0.2) is 0 Å². The van der Waals surface area contributed by atoms with Crippen molar-refractivity contribution >= 4 is 11.6 Å². The van der Waals surface area contributed by atoms with Gasteiger partial charge >= 0.3 is 0 Å². The second-order valence-electron chi connectivity index (χ2n) is 5.27. The van der Waals surface area contributed by atoms with E-state index in [1.807, 2.05) is 20.8 Å². The number of benzene rings is 1. The van der Waals surface area contributed by atoms with Crippen molar-refractivity contribution < 1.29 is 9.84 Å². The summed E-state index contributed by atoms with van der Waals surface area (Å²) in [4.78, 5) is 0. The standard InChI is InChI=1S/C14H22ClNO2/c1-9(2)14(4,17)8-18-13-6-5-11(15)7-12(13)10(3)16/h5-7,9-10,17H,8,16H2,1-4H3. The average Bonchev–Trinajstić information content (AvgIpc) is 2.27. The summed E-state index contributed by atoms with van der Waals surface area (Å²) in [5.41, 5.74) is 5.86. The molecular formula is C14H22ClNO2. The number of ether oxygens (including phenoxy) is 1. The maximum absolute atomic E-state index is 10.2. The van der Waals surface area contributed by atoms with E-state index in [0.717, 1.165) is 5.56 Å². The zero-order chi connectivity index (χ0) is 13.9. The van der Waals surface area contributed by atoms with Crippen LogP contribution in [-0.2, 0) is 0 Å². The third kappa shape index (κ3) is 3.87. The van der Waals surface area contributed by atoms with Crippen molar-refractivity contribution in [1.29, 1.82) is 0 Å². The summed E-state index contributed by atoms with van der Waals surface area (Å²) in [5, 5.41) is 10.8. The minimum atomic E-state index is -0.866. The molecule has 4 heteroatoms. The minimum absolute atomic E-state index is 0.114. The first-order chi connectivity index (χ1) is 8.24. The Hall–Kier alpha value is -0.770. The summed E-state index contributed by atoms with van der Waals surface area (Å²) < 4.78 is 5.69. The molecule has 0 saturated carbocycles. The van der Waals surface area contributed by atoms with Gasteiger partial charge < -0.3 is 15.6 Å². The molecule has 0 aromatic heterocycles. The molecule has 1 aromatic rings. The van der Waals surface area contributed by atoms with Crippen LogP contribution in [0.4, 0.5) is 0 Å². The maximum Gasteiger partial charge on any atom is 0.124 e. The summed E-state index contributed by atoms with van der Waals surface area (Å²) in [6, 6.07) is 5.18. The van der Waals surface area contributed by atoms with Gasteiger partial charge in [0.15, 0.2) is 0 Å². The number of hydrogen-bond donors (Lipinski definition) is 2. The van der Waals surface area contributed by atoms with Gasteiger partial charge in [-0.3, -0.25) is 0 Å². The Balaban J connectivity index is 2.85. The van der Waals surface area contributed by atoms with Crippen molar-refractivity contribution in [3.05, 3.63) is 28.8 Å². The smallest absolute Gasteiger partial charge is 0.124 e. The zero-order valence-electron chi connectivity index (χ0n) is 11.4. The molecule has 1 aromatic carbocycles. The fraction of sp³-hybridized carbons (Fsp3) is 0.571. The summed E-state index contributed by atoms with van der Waals surface area (Å²) in [5.74, 6) is 0.791. The van der Waals surface area contributed by atoms with E-state index < -0.39 is 5.60 Å². The molecule has 2 unspecified atom stereocenters. The first-order valence-electron chi connectivity index (χ1n) is 6.14. The molecule has 0 saturated heterocycles. The highest BCUT2D eigenvalue weighted by Gasteiger charge is 2.26. The summed E-state index contributed by atoms with van der Waals surface area (Å²) >= 11 is 5.94. The zero-order valence-corrected chi connectivity index (χ0v) is 12.2. The lowest BCUT2D eigenvalue weighted by Gasteiger charge is -2.28. The Morgan fingerprint density at radius 1 is 1.39 bits per heavy atom. The van der Waals surface area contributed by atoms with Crippen molar-refractivity contribution in [3.63, 3.8) is 0 Å². The van der Waals surface area contributed by atoms with Crippen LogP contribution in [-0.4, -0.2) is 17.3 Å². The largest absolute Gasteiger partial charge is 0.490 e. The minimum Gasteiger partial charge on any atom is -0.490 e. The van der Waals surface area contributed by atoms with Gasteiger partial charge in [-0.2, -0.15) is 0 Å². The molecule has 2 atom stereocenters. The van der Waals surface area contributed by atoms with E-state index in [9.17, 15) is 5.11 Å². The molecule has 18 heavy (non-hydrogen) atoms. The predicted octanol–water partition coefficient (Wildman–Crippen LogP) is 3.15. The van der Waals surface area contributed by atoms with Gasteiger partial charge in [0.1, 0.15) is 12.4 Å². The molecule has 3 nitrogen and oxygen atoms in total. The van der Waals surface area contributed by atoms with Crippen LogP contribution in [0.2, 0.25) is 5.02 Å². The third-order valence-corrected chi connectivity index (χ3v) is 3.46. The van der Waals surface area contributed by atoms with Crippen LogP contribution in [0.15, 0.2) is 18.2 Å². The molecule has 102 valence electrons. The SMILES string of the molecule is CC(N)c1cc(Cl)ccc1OCC(C)(O)C(C)C. The van der Waals surface area contributed by atoms with E-state index in [-0.39, 0.29) is 18.6 Å². The van der Waals surface area contributed by atoms with E-state index in [1.165, 1.54) is 0 Å². The van der Waals surface area contributed by atoms with Crippen molar-refractivity contribution in [2.75, 3.05) is 6.61 Å². The van der Waals surface area contributed by atoms with Crippen LogP contribution in [0, 0.1) is 5.92 Å². The highest BCUT2D eigenvalue weighted by atomic mass is 35.5. The summed E-state index contributed by atoms with van der Waals surface area (Å²) in [6.07, 6.45) is 0. The molecule has 0 spiro atoms. The van der Waals surface area contributed by atoms with E-state index in [0.29, 0.717) is 10.8 Å². The van der Waals surface area contributed by atoms with E-state index in [1.54, 1.807) is 25.1 Å². The summed E-state index contributed by atoms with van der Waals surface area (Å²) in [6.45, 7) is 7.78. The Bertz CT molecular complexity index is 403. The van der Waals surface area contributed by atoms with Gasteiger partial charge in [-0.15, -0.1) is 0 Å². The molecule has 0 aliphatic rings. The van der Waals surface area contributed by atoms with Crippen LogP contribution < -0.4 is 10.5 Å². The Kier molecular flexibility index (Phi) is 5.02. The van der Waals surface area contributed by atoms with Gasteiger partial charge in [-0.05, 0) is 38.0 Å². The quantitative estimate of drug-likeness (QED) is 0.865. The van der Waals surface area contributed by atoms with Crippen molar-refractivity contribution in [2.24, 2.45) is 11.7 Å². The van der Waals surface area contributed by atoms with Crippen LogP contribution >= 0.6 is 11.6 Å². The second-order valence-corrected chi connectivity index (χ2v) is 5.71. The molecule has 0 heterocycles. The lowest BCUT2D eigenvalue weighted by Crippen LogP contribution is -2.38. The molecular weight excluding hydrogens is 250 g/mol. The van der Waals surface area contributed by atoms with E-state index in [4.69, 9.17) is 22.1 Å².